The van der Waals surface area contributed by atoms with Gasteiger partial charge in [0.1, 0.15) is 11.3 Å². The fourth-order valence-corrected chi connectivity index (χ4v) is 3.50. The Labute approximate surface area is 169 Å². The van der Waals surface area contributed by atoms with Crippen molar-refractivity contribution in [3.63, 3.8) is 0 Å². The third kappa shape index (κ3) is 6.92. The number of carboxylic acids is 1. The quantitative estimate of drug-likeness (QED) is 0.243. The number of aromatic hydroxyl groups is 2. The van der Waals surface area contributed by atoms with Crippen LogP contribution in [0.2, 0.25) is 0 Å². The second-order valence-corrected chi connectivity index (χ2v) is 7.49. The number of hydrogen-bond acceptors (Lipinski definition) is 4. The standard InChI is InChI=1S/C23H38O5/c1-4-7-10-13-16-28-22-18(15-12-9-6-3)17(14-11-8-5-2)20(24)21(25)19(22)23(26)27/h24-25H,4-16H2,1-3H3,(H,26,27). The van der Waals surface area contributed by atoms with E-state index in [-0.39, 0.29) is 17.1 Å². The van der Waals surface area contributed by atoms with Crippen molar-refractivity contribution < 1.29 is 24.9 Å². The first-order chi connectivity index (χ1) is 13.5. The van der Waals surface area contributed by atoms with E-state index >= 15 is 0 Å². The zero-order chi connectivity index (χ0) is 20.9. The predicted octanol–water partition coefficient (Wildman–Crippen LogP) is 6.22. The van der Waals surface area contributed by atoms with Gasteiger partial charge in [-0.15, -0.1) is 0 Å². The molecule has 160 valence electrons. The molecule has 0 saturated heterocycles. The Morgan fingerprint density at radius 2 is 1.29 bits per heavy atom. The van der Waals surface area contributed by atoms with Crippen molar-refractivity contribution in [1.29, 1.82) is 0 Å². The van der Waals surface area contributed by atoms with E-state index in [1.165, 1.54) is 0 Å². The van der Waals surface area contributed by atoms with Crippen LogP contribution in [0.4, 0.5) is 0 Å². The van der Waals surface area contributed by atoms with Crippen molar-refractivity contribution in [2.75, 3.05) is 6.61 Å². The monoisotopic (exact) mass is 394 g/mol. The van der Waals surface area contributed by atoms with Crippen LogP contribution in [0.15, 0.2) is 0 Å². The average molecular weight is 395 g/mol. The van der Waals surface area contributed by atoms with Gasteiger partial charge in [0.15, 0.2) is 11.5 Å². The molecule has 0 fully saturated rings. The molecular formula is C23H38O5. The Morgan fingerprint density at radius 1 is 0.750 bits per heavy atom. The molecule has 1 rings (SSSR count). The lowest BCUT2D eigenvalue weighted by Gasteiger charge is -2.21. The Hall–Kier alpha value is -1.91. The summed E-state index contributed by atoms with van der Waals surface area (Å²) in [6.07, 6.45) is 11.3. The van der Waals surface area contributed by atoms with Crippen molar-refractivity contribution >= 4 is 5.97 Å². The minimum atomic E-state index is -1.27. The smallest absolute Gasteiger partial charge is 0.343 e. The van der Waals surface area contributed by atoms with Crippen molar-refractivity contribution in [3.8, 4) is 17.2 Å². The lowest BCUT2D eigenvalue weighted by atomic mass is 9.92. The van der Waals surface area contributed by atoms with Gasteiger partial charge in [-0.3, -0.25) is 0 Å². The summed E-state index contributed by atoms with van der Waals surface area (Å²) >= 11 is 0. The van der Waals surface area contributed by atoms with Crippen molar-refractivity contribution in [2.24, 2.45) is 0 Å². The summed E-state index contributed by atoms with van der Waals surface area (Å²) in [6, 6.07) is 0. The Bertz CT molecular complexity index is 610. The maximum atomic E-state index is 11.8. The summed E-state index contributed by atoms with van der Waals surface area (Å²) in [6.45, 7) is 6.78. The summed E-state index contributed by atoms with van der Waals surface area (Å²) in [4.78, 5) is 11.8. The van der Waals surface area contributed by atoms with Crippen LogP contribution in [-0.4, -0.2) is 27.9 Å². The van der Waals surface area contributed by atoms with E-state index in [4.69, 9.17) is 4.74 Å². The molecule has 0 aromatic heterocycles. The van der Waals surface area contributed by atoms with Gasteiger partial charge in [-0.05, 0) is 32.1 Å². The number of hydrogen-bond donors (Lipinski definition) is 3. The molecule has 28 heavy (non-hydrogen) atoms. The molecule has 1 aromatic rings. The number of carboxylic acid groups (broad SMARTS) is 1. The van der Waals surface area contributed by atoms with Crippen LogP contribution in [0.25, 0.3) is 0 Å². The van der Waals surface area contributed by atoms with Crippen LogP contribution >= 0.6 is 0 Å². The topological polar surface area (TPSA) is 87.0 Å². The number of phenols is 2. The molecule has 5 nitrogen and oxygen atoms in total. The molecule has 0 aliphatic carbocycles. The Kier molecular flexibility index (Phi) is 11.5. The highest BCUT2D eigenvalue weighted by atomic mass is 16.5. The number of rotatable bonds is 15. The van der Waals surface area contributed by atoms with Crippen LogP contribution < -0.4 is 4.74 Å². The summed E-state index contributed by atoms with van der Waals surface area (Å²) in [5.74, 6) is -1.88. The van der Waals surface area contributed by atoms with Crippen LogP contribution in [0.3, 0.4) is 0 Å². The third-order valence-corrected chi connectivity index (χ3v) is 5.13. The van der Waals surface area contributed by atoms with E-state index in [1.54, 1.807) is 0 Å². The minimum Gasteiger partial charge on any atom is -0.504 e. The van der Waals surface area contributed by atoms with Crippen LogP contribution in [0.5, 0.6) is 17.2 Å². The molecule has 5 heteroatoms. The van der Waals surface area contributed by atoms with Gasteiger partial charge in [-0.1, -0.05) is 65.7 Å². The summed E-state index contributed by atoms with van der Waals surface area (Å²) in [5.41, 5.74) is 1.10. The Balaban J connectivity index is 3.30. The molecule has 0 aliphatic heterocycles. The van der Waals surface area contributed by atoms with Gasteiger partial charge in [0.05, 0.1) is 6.61 Å². The summed E-state index contributed by atoms with van der Waals surface area (Å²) in [5, 5.41) is 30.6. The zero-order valence-corrected chi connectivity index (χ0v) is 17.9. The number of phenolic OH excluding ortho intramolecular Hbond substituents is 1. The number of carbonyl (C=O) groups is 1. The van der Waals surface area contributed by atoms with Gasteiger partial charge in [0.2, 0.25) is 0 Å². The van der Waals surface area contributed by atoms with E-state index in [2.05, 4.69) is 20.8 Å². The highest BCUT2D eigenvalue weighted by Crippen LogP contribution is 2.44. The zero-order valence-electron chi connectivity index (χ0n) is 17.9. The largest absolute Gasteiger partial charge is 0.504 e. The van der Waals surface area contributed by atoms with Crippen molar-refractivity contribution in [1.82, 2.24) is 0 Å². The first kappa shape index (κ1) is 24.1. The number of ether oxygens (including phenoxy) is 1. The van der Waals surface area contributed by atoms with Gasteiger partial charge >= 0.3 is 5.97 Å². The second kappa shape index (κ2) is 13.3. The average Bonchev–Trinajstić information content (AvgIpc) is 2.66. The summed E-state index contributed by atoms with van der Waals surface area (Å²) < 4.78 is 5.94. The maximum absolute atomic E-state index is 11.8. The molecule has 0 heterocycles. The van der Waals surface area contributed by atoms with Crippen LogP contribution in [0.1, 0.15) is 106 Å². The first-order valence-electron chi connectivity index (χ1n) is 10.9. The van der Waals surface area contributed by atoms with E-state index in [1.807, 2.05) is 0 Å². The SMILES string of the molecule is CCCCCCOc1c(CCCCC)c(CCCCC)c(O)c(O)c1C(=O)O. The second-order valence-electron chi connectivity index (χ2n) is 7.49. The highest BCUT2D eigenvalue weighted by molar-refractivity contribution is 5.96. The van der Waals surface area contributed by atoms with Gasteiger partial charge in [-0.2, -0.15) is 0 Å². The highest BCUT2D eigenvalue weighted by Gasteiger charge is 2.28. The van der Waals surface area contributed by atoms with E-state index < -0.39 is 11.7 Å². The molecule has 3 N–H and O–H groups in total. The predicted molar refractivity (Wildman–Crippen MR) is 113 cm³/mol. The minimum absolute atomic E-state index is 0.252. The Morgan fingerprint density at radius 3 is 1.82 bits per heavy atom. The maximum Gasteiger partial charge on any atom is 0.343 e. The molecule has 1 aromatic carbocycles. The van der Waals surface area contributed by atoms with Crippen molar-refractivity contribution in [3.05, 3.63) is 16.7 Å². The molecule has 0 unspecified atom stereocenters. The van der Waals surface area contributed by atoms with Gasteiger partial charge in [0, 0.05) is 11.1 Å². The van der Waals surface area contributed by atoms with Gasteiger partial charge < -0.3 is 20.1 Å². The normalized spacial score (nSPS) is 11.0. The molecular weight excluding hydrogens is 356 g/mol. The summed E-state index contributed by atoms with van der Waals surface area (Å²) in [7, 11) is 0. The number of aromatic carboxylic acids is 1. The lowest BCUT2D eigenvalue weighted by Crippen LogP contribution is -2.11. The first-order valence-corrected chi connectivity index (χ1v) is 10.9. The number of unbranched alkanes of at least 4 members (excludes halogenated alkanes) is 7. The molecule has 0 aliphatic rings. The molecule has 0 radical (unpaired) electrons. The lowest BCUT2D eigenvalue weighted by molar-refractivity contribution is 0.0687. The van der Waals surface area contributed by atoms with Gasteiger partial charge in [-0.25, -0.2) is 4.79 Å². The van der Waals surface area contributed by atoms with Crippen molar-refractivity contribution in [2.45, 2.75) is 97.8 Å². The fraction of sp³-hybridized carbons (Fsp3) is 0.696. The van der Waals surface area contributed by atoms with E-state index in [9.17, 15) is 20.1 Å². The fourth-order valence-electron chi connectivity index (χ4n) is 3.50. The molecule has 0 spiro atoms. The third-order valence-electron chi connectivity index (χ3n) is 5.13. The van der Waals surface area contributed by atoms with E-state index in [0.717, 1.165) is 69.8 Å². The molecule has 0 saturated carbocycles. The molecule has 0 amide bonds. The molecule has 0 atom stereocenters. The number of benzene rings is 1. The van der Waals surface area contributed by atoms with Crippen LogP contribution in [0, 0.1) is 0 Å². The van der Waals surface area contributed by atoms with Crippen LogP contribution in [-0.2, 0) is 12.8 Å². The van der Waals surface area contributed by atoms with E-state index in [0.29, 0.717) is 25.0 Å². The molecule has 0 bridgehead atoms. The van der Waals surface area contributed by atoms with Gasteiger partial charge in [0.25, 0.3) is 0 Å².